The zero-order valence-electron chi connectivity index (χ0n) is 16.8. The molecule has 0 aliphatic carbocycles. The van der Waals surface area contributed by atoms with Crippen molar-refractivity contribution in [1.29, 1.82) is 0 Å². The molecule has 0 spiro atoms. The third kappa shape index (κ3) is 3.47. The van der Waals surface area contributed by atoms with Gasteiger partial charge in [0.1, 0.15) is 5.69 Å². The number of aryl methyl sites for hydroxylation is 1. The highest BCUT2D eigenvalue weighted by Crippen LogP contribution is 2.42. The van der Waals surface area contributed by atoms with Crippen molar-refractivity contribution >= 4 is 11.3 Å². The summed E-state index contributed by atoms with van der Waals surface area (Å²) in [5, 5.41) is 7.02. The van der Waals surface area contributed by atoms with Crippen LogP contribution in [0.25, 0.3) is 27.5 Å². The molecule has 0 radical (unpaired) electrons. The summed E-state index contributed by atoms with van der Waals surface area (Å²) in [4.78, 5) is 1.16. The molecule has 5 nitrogen and oxygen atoms in total. The van der Waals surface area contributed by atoms with E-state index >= 15 is 0 Å². The van der Waals surface area contributed by atoms with Gasteiger partial charge in [-0.2, -0.15) is 5.10 Å². The fraction of sp³-hybridized carbons (Fsp3) is 0.174. The van der Waals surface area contributed by atoms with Gasteiger partial charge in [-0.1, -0.05) is 18.2 Å². The maximum absolute atomic E-state index is 5.55. The van der Waals surface area contributed by atoms with Crippen LogP contribution in [0.5, 0.6) is 17.2 Å². The third-order valence-corrected chi connectivity index (χ3v) is 5.80. The first-order chi connectivity index (χ1) is 14.2. The first-order valence-electron chi connectivity index (χ1n) is 9.16. The molecule has 0 aliphatic rings. The summed E-state index contributed by atoms with van der Waals surface area (Å²) in [6.07, 6.45) is 0. The van der Waals surface area contributed by atoms with E-state index in [9.17, 15) is 0 Å². The lowest BCUT2D eigenvalue weighted by molar-refractivity contribution is 0.324. The summed E-state index contributed by atoms with van der Waals surface area (Å²) >= 11 is 1.69. The summed E-state index contributed by atoms with van der Waals surface area (Å²) in [5.74, 6) is 1.78. The molecule has 0 amide bonds. The summed E-state index contributed by atoms with van der Waals surface area (Å²) in [6.45, 7) is 2.10. The Morgan fingerprint density at radius 1 is 0.862 bits per heavy atom. The van der Waals surface area contributed by atoms with Gasteiger partial charge in [-0.05, 0) is 54.3 Å². The minimum Gasteiger partial charge on any atom is -0.493 e. The van der Waals surface area contributed by atoms with Gasteiger partial charge in [-0.25, -0.2) is 4.68 Å². The SMILES string of the molecule is COc1cc(-c2cc(-c3sccc3C)nn2-c2ccccc2)cc(OC)c1OC. The molecule has 0 unspecified atom stereocenters. The highest BCUT2D eigenvalue weighted by molar-refractivity contribution is 7.13. The standard InChI is InChI=1S/C23H22N2O3S/c1-15-10-11-29-23(15)18-14-19(25(24-18)17-8-6-5-7-9-17)16-12-20(26-2)22(28-4)21(13-16)27-3/h5-14H,1-4H3. The van der Waals surface area contributed by atoms with Gasteiger partial charge in [0.05, 0.1) is 37.6 Å². The number of aromatic nitrogens is 2. The monoisotopic (exact) mass is 406 g/mol. The molecule has 6 heteroatoms. The third-order valence-electron chi connectivity index (χ3n) is 4.77. The van der Waals surface area contributed by atoms with Crippen LogP contribution in [-0.4, -0.2) is 31.1 Å². The van der Waals surface area contributed by atoms with E-state index in [1.54, 1.807) is 32.7 Å². The van der Waals surface area contributed by atoms with Crippen molar-refractivity contribution in [3.05, 3.63) is 65.5 Å². The van der Waals surface area contributed by atoms with E-state index in [0.29, 0.717) is 17.2 Å². The number of ether oxygens (including phenoxy) is 3. The van der Waals surface area contributed by atoms with Crippen LogP contribution >= 0.6 is 11.3 Å². The van der Waals surface area contributed by atoms with Crippen LogP contribution in [0.3, 0.4) is 0 Å². The molecule has 0 N–H and O–H groups in total. The Morgan fingerprint density at radius 3 is 2.10 bits per heavy atom. The quantitative estimate of drug-likeness (QED) is 0.418. The summed E-state index contributed by atoms with van der Waals surface area (Å²) < 4.78 is 18.5. The van der Waals surface area contributed by atoms with Gasteiger partial charge < -0.3 is 14.2 Å². The average molecular weight is 407 g/mol. The van der Waals surface area contributed by atoms with Crippen molar-refractivity contribution in [2.75, 3.05) is 21.3 Å². The number of benzene rings is 2. The molecule has 0 saturated carbocycles. The predicted octanol–water partition coefficient (Wildman–Crippen LogP) is 5.60. The second kappa shape index (κ2) is 8.01. The fourth-order valence-corrected chi connectivity index (χ4v) is 4.21. The normalized spacial score (nSPS) is 10.8. The zero-order valence-corrected chi connectivity index (χ0v) is 17.6. The van der Waals surface area contributed by atoms with Crippen molar-refractivity contribution in [2.45, 2.75) is 6.92 Å². The minimum atomic E-state index is 0.568. The molecule has 0 fully saturated rings. The molecule has 29 heavy (non-hydrogen) atoms. The molecule has 0 atom stereocenters. The average Bonchev–Trinajstić information content (AvgIpc) is 3.39. The molecule has 4 aromatic rings. The van der Waals surface area contributed by atoms with Crippen LogP contribution in [-0.2, 0) is 0 Å². The lowest BCUT2D eigenvalue weighted by Gasteiger charge is -2.15. The van der Waals surface area contributed by atoms with Gasteiger partial charge in [-0.3, -0.25) is 0 Å². The summed E-state index contributed by atoms with van der Waals surface area (Å²) in [5.41, 5.74) is 5.00. The lowest BCUT2D eigenvalue weighted by Crippen LogP contribution is -2.00. The van der Waals surface area contributed by atoms with E-state index in [0.717, 1.165) is 27.5 Å². The van der Waals surface area contributed by atoms with Crippen LogP contribution in [0.15, 0.2) is 60.0 Å². The summed E-state index contributed by atoms with van der Waals surface area (Å²) in [6, 6.07) is 18.2. The summed E-state index contributed by atoms with van der Waals surface area (Å²) in [7, 11) is 4.85. The van der Waals surface area contributed by atoms with Gasteiger partial charge in [0.2, 0.25) is 5.75 Å². The molecule has 4 rings (SSSR count). The van der Waals surface area contributed by atoms with Crippen molar-refractivity contribution in [2.24, 2.45) is 0 Å². The van der Waals surface area contributed by atoms with E-state index in [-0.39, 0.29) is 0 Å². The molecule has 2 aromatic carbocycles. The number of para-hydroxylation sites is 1. The van der Waals surface area contributed by atoms with Crippen molar-refractivity contribution in [3.63, 3.8) is 0 Å². The van der Waals surface area contributed by atoms with Crippen LogP contribution in [0.1, 0.15) is 5.56 Å². The van der Waals surface area contributed by atoms with Gasteiger partial charge in [0, 0.05) is 5.56 Å². The van der Waals surface area contributed by atoms with E-state index in [2.05, 4.69) is 24.4 Å². The number of rotatable bonds is 6. The van der Waals surface area contributed by atoms with Gasteiger partial charge in [-0.15, -0.1) is 11.3 Å². The highest BCUT2D eigenvalue weighted by atomic mass is 32.1. The molecule has 0 bridgehead atoms. The number of thiophene rings is 1. The first kappa shape index (κ1) is 19.1. The van der Waals surface area contributed by atoms with Crippen molar-refractivity contribution < 1.29 is 14.2 Å². The molecule has 2 heterocycles. The Balaban J connectivity index is 1.96. The van der Waals surface area contributed by atoms with Gasteiger partial charge in [0.25, 0.3) is 0 Å². The Kier molecular flexibility index (Phi) is 5.27. The minimum absolute atomic E-state index is 0.568. The fourth-order valence-electron chi connectivity index (χ4n) is 3.33. The first-order valence-corrected chi connectivity index (χ1v) is 10.0. The van der Waals surface area contributed by atoms with Crippen LogP contribution in [0.4, 0.5) is 0 Å². The second-order valence-corrected chi connectivity index (χ2v) is 7.43. The van der Waals surface area contributed by atoms with E-state index in [1.165, 1.54) is 5.56 Å². The number of methoxy groups -OCH3 is 3. The molecular formula is C23H22N2O3S. The number of hydrogen-bond donors (Lipinski definition) is 0. The van der Waals surface area contributed by atoms with E-state index < -0.39 is 0 Å². The van der Waals surface area contributed by atoms with E-state index in [1.807, 2.05) is 47.1 Å². The maximum Gasteiger partial charge on any atom is 0.203 e. The number of hydrogen-bond acceptors (Lipinski definition) is 5. The Bertz CT molecular complexity index is 1110. The zero-order chi connectivity index (χ0) is 20.4. The lowest BCUT2D eigenvalue weighted by atomic mass is 10.1. The van der Waals surface area contributed by atoms with Gasteiger partial charge >= 0.3 is 0 Å². The molecule has 0 saturated heterocycles. The maximum atomic E-state index is 5.55. The molecule has 0 aliphatic heterocycles. The van der Waals surface area contributed by atoms with Gasteiger partial charge in [0.15, 0.2) is 11.5 Å². The smallest absolute Gasteiger partial charge is 0.203 e. The Hall–Kier alpha value is -3.25. The largest absolute Gasteiger partial charge is 0.493 e. The number of nitrogens with zero attached hydrogens (tertiary/aromatic N) is 2. The predicted molar refractivity (Wildman–Crippen MR) is 117 cm³/mol. The molecular weight excluding hydrogens is 384 g/mol. The Morgan fingerprint density at radius 2 is 1.55 bits per heavy atom. The van der Waals surface area contributed by atoms with Crippen LogP contribution in [0, 0.1) is 6.92 Å². The second-order valence-electron chi connectivity index (χ2n) is 6.51. The molecule has 2 aromatic heterocycles. The highest BCUT2D eigenvalue weighted by Gasteiger charge is 2.19. The Labute approximate surface area is 174 Å². The van der Waals surface area contributed by atoms with Crippen LogP contribution in [0.2, 0.25) is 0 Å². The van der Waals surface area contributed by atoms with E-state index in [4.69, 9.17) is 19.3 Å². The van der Waals surface area contributed by atoms with Crippen LogP contribution < -0.4 is 14.2 Å². The topological polar surface area (TPSA) is 45.5 Å². The van der Waals surface area contributed by atoms with Crippen molar-refractivity contribution in [3.8, 4) is 44.8 Å². The molecule has 148 valence electrons. The van der Waals surface area contributed by atoms with Crippen molar-refractivity contribution in [1.82, 2.24) is 9.78 Å².